The minimum Gasteiger partial charge on any atom is -0.478 e. The van der Waals surface area contributed by atoms with Gasteiger partial charge in [0.2, 0.25) is 0 Å². The number of aliphatic carboxylic acids is 1. The average molecular weight is 206 g/mol. The van der Waals surface area contributed by atoms with Crippen molar-refractivity contribution in [2.75, 3.05) is 0 Å². The van der Waals surface area contributed by atoms with Crippen LogP contribution < -0.4 is 0 Å². The van der Waals surface area contributed by atoms with Gasteiger partial charge in [0.05, 0.1) is 0 Å². The Bertz CT molecular complexity index is 320. The van der Waals surface area contributed by atoms with Gasteiger partial charge in [-0.2, -0.15) is 0 Å². The molecule has 0 spiro atoms. The minimum absolute atomic E-state index is 0.298. The molecule has 5 atom stereocenters. The highest BCUT2D eigenvalue weighted by Gasteiger charge is 2.54. The van der Waals surface area contributed by atoms with Gasteiger partial charge < -0.3 is 5.11 Å². The second-order valence-electron chi connectivity index (χ2n) is 5.59. The zero-order valence-electron chi connectivity index (χ0n) is 8.98. The van der Waals surface area contributed by atoms with Gasteiger partial charge in [-0.05, 0) is 55.3 Å². The van der Waals surface area contributed by atoms with E-state index >= 15 is 0 Å². The van der Waals surface area contributed by atoms with Gasteiger partial charge in [0.25, 0.3) is 0 Å². The van der Waals surface area contributed by atoms with Crippen molar-refractivity contribution in [1.82, 2.24) is 0 Å². The van der Waals surface area contributed by atoms with Gasteiger partial charge in [-0.15, -0.1) is 0 Å². The number of carbonyl (C=O) groups is 1. The lowest BCUT2D eigenvalue weighted by atomic mass is 9.73. The predicted molar refractivity (Wildman–Crippen MR) is 57.3 cm³/mol. The molecule has 15 heavy (non-hydrogen) atoms. The van der Waals surface area contributed by atoms with Crippen LogP contribution in [0.5, 0.6) is 0 Å². The Morgan fingerprint density at radius 3 is 2.60 bits per heavy atom. The van der Waals surface area contributed by atoms with Crippen LogP contribution in [-0.4, -0.2) is 11.1 Å². The third kappa shape index (κ3) is 1.20. The van der Waals surface area contributed by atoms with Crippen LogP contribution in [0.4, 0.5) is 0 Å². The Balaban J connectivity index is 1.81. The Labute approximate surface area is 90.4 Å². The summed E-state index contributed by atoms with van der Waals surface area (Å²) >= 11 is 0. The maximum atomic E-state index is 11.0. The number of fused-ring (bicyclic) bond motifs is 5. The monoisotopic (exact) mass is 206 g/mol. The molecule has 0 amide bonds. The third-order valence-corrected chi connectivity index (χ3v) is 5.15. The van der Waals surface area contributed by atoms with Crippen molar-refractivity contribution in [2.45, 2.75) is 32.1 Å². The quantitative estimate of drug-likeness (QED) is 0.705. The van der Waals surface area contributed by atoms with Crippen LogP contribution in [0.3, 0.4) is 0 Å². The molecule has 3 aliphatic carbocycles. The van der Waals surface area contributed by atoms with Crippen LogP contribution in [0.2, 0.25) is 0 Å². The molecule has 0 aromatic carbocycles. The van der Waals surface area contributed by atoms with Crippen LogP contribution in [0.1, 0.15) is 32.1 Å². The molecule has 2 nitrogen and oxygen atoms in total. The van der Waals surface area contributed by atoms with Crippen LogP contribution in [0, 0.1) is 29.6 Å². The van der Waals surface area contributed by atoms with E-state index in [0.717, 1.165) is 24.2 Å². The van der Waals surface area contributed by atoms with Crippen LogP contribution in [-0.2, 0) is 4.79 Å². The van der Waals surface area contributed by atoms with E-state index in [1.165, 1.54) is 25.7 Å². The fourth-order valence-electron chi connectivity index (χ4n) is 4.63. The summed E-state index contributed by atoms with van der Waals surface area (Å²) < 4.78 is 0. The van der Waals surface area contributed by atoms with Crippen molar-refractivity contribution in [3.8, 4) is 0 Å². The van der Waals surface area contributed by atoms with E-state index in [9.17, 15) is 4.79 Å². The largest absolute Gasteiger partial charge is 0.478 e. The molecule has 2 heteroatoms. The summed E-state index contributed by atoms with van der Waals surface area (Å²) in [6.45, 7) is 3.77. The second kappa shape index (κ2) is 3.10. The lowest BCUT2D eigenvalue weighted by Gasteiger charge is -2.31. The van der Waals surface area contributed by atoms with Crippen molar-refractivity contribution in [3.63, 3.8) is 0 Å². The van der Waals surface area contributed by atoms with Crippen molar-refractivity contribution < 1.29 is 9.90 Å². The molecule has 3 rings (SSSR count). The summed E-state index contributed by atoms with van der Waals surface area (Å²) in [5, 5.41) is 9.01. The van der Waals surface area contributed by atoms with Gasteiger partial charge in [-0.3, -0.25) is 0 Å². The third-order valence-electron chi connectivity index (χ3n) is 5.15. The van der Waals surface area contributed by atoms with Crippen LogP contribution in [0.25, 0.3) is 0 Å². The lowest BCUT2D eigenvalue weighted by molar-refractivity contribution is -0.133. The zero-order chi connectivity index (χ0) is 10.6. The van der Waals surface area contributed by atoms with E-state index in [1.807, 2.05) is 0 Å². The van der Waals surface area contributed by atoms with E-state index in [-0.39, 0.29) is 0 Å². The topological polar surface area (TPSA) is 37.3 Å². The number of carboxylic acids is 1. The first-order chi connectivity index (χ1) is 7.18. The first-order valence-electron chi connectivity index (χ1n) is 6.10. The molecule has 82 valence electrons. The van der Waals surface area contributed by atoms with Gasteiger partial charge in [-0.25, -0.2) is 4.79 Å². The summed E-state index contributed by atoms with van der Waals surface area (Å²) in [5.41, 5.74) is 0.479. The van der Waals surface area contributed by atoms with E-state index in [4.69, 9.17) is 5.11 Å². The fourth-order valence-corrected chi connectivity index (χ4v) is 4.63. The highest BCUT2D eigenvalue weighted by molar-refractivity contribution is 5.86. The maximum Gasteiger partial charge on any atom is 0.331 e. The van der Waals surface area contributed by atoms with Crippen LogP contribution >= 0.6 is 0 Å². The van der Waals surface area contributed by atoms with Crippen LogP contribution in [0.15, 0.2) is 12.2 Å². The normalized spacial score (nSPS) is 46.8. The summed E-state index contributed by atoms with van der Waals surface area (Å²) in [5.74, 6) is 2.78. The van der Waals surface area contributed by atoms with E-state index in [0.29, 0.717) is 17.4 Å². The summed E-state index contributed by atoms with van der Waals surface area (Å²) in [6.07, 6.45) is 6.51. The molecule has 2 bridgehead atoms. The fraction of sp³-hybridized carbons (Fsp3) is 0.769. The SMILES string of the molecule is C=C(C(=O)O)C1CC2CC1C1CCCC21. The molecule has 3 aliphatic rings. The summed E-state index contributed by atoms with van der Waals surface area (Å²) in [6, 6.07) is 0. The average Bonchev–Trinajstić information content (AvgIpc) is 2.87. The Kier molecular flexibility index (Phi) is 1.95. The highest BCUT2D eigenvalue weighted by atomic mass is 16.4. The molecule has 0 aromatic heterocycles. The lowest BCUT2D eigenvalue weighted by Crippen LogP contribution is -2.27. The zero-order valence-corrected chi connectivity index (χ0v) is 8.98. The molecule has 0 aromatic rings. The molecular weight excluding hydrogens is 188 g/mol. The van der Waals surface area contributed by atoms with Crippen molar-refractivity contribution >= 4 is 5.97 Å². The van der Waals surface area contributed by atoms with Crippen molar-refractivity contribution in [2.24, 2.45) is 29.6 Å². The molecule has 3 fully saturated rings. The first-order valence-corrected chi connectivity index (χ1v) is 6.10. The number of hydrogen-bond donors (Lipinski definition) is 1. The predicted octanol–water partition coefficient (Wildman–Crippen LogP) is 2.70. The first kappa shape index (κ1) is 9.44. The smallest absolute Gasteiger partial charge is 0.331 e. The number of hydrogen-bond acceptors (Lipinski definition) is 1. The van der Waals surface area contributed by atoms with Gasteiger partial charge in [-0.1, -0.05) is 13.0 Å². The molecule has 0 heterocycles. The Morgan fingerprint density at radius 1 is 1.13 bits per heavy atom. The Morgan fingerprint density at radius 2 is 1.87 bits per heavy atom. The molecule has 0 saturated heterocycles. The minimum atomic E-state index is -0.776. The molecule has 0 aliphatic heterocycles. The second-order valence-corrected chi connectivity index (χ2v) is 5.59. The van der Waals surface area contributed by atoms with Gasteiger partial charge in [0.1, 0.15) is 0 Å². The van der Waals surface area contributed by atoms with Gasteiger partial charge in [0.15, 0.2) is 0 Å². The van der Waals surface area contributed by atoms with Crippen molar-refractivity contribution in [1.29, 1.82) is 0 Å². The summed E-state index contributed by atoms with van der Waals surface area (Å²) in [4.78, 5) is 11.0. The number of rotatable bonds is 2. The molecule has 1 N–H and O–H groups in total. The molecule has 5 unspecified atom stereocenters. The summed E-state index contributed by atoms with van der Waals surface area (Å²) in [7, 11) is 0. The van der Waals surface area contributed by atoms with E-state index < -0.39 is 5.97 Å². The Hall–Kier alpha value is -0.790. The maximum absolute atomic E-state index is 11.0. The van der Waals surface area contributed by atoms with Gasteiger partial charge >= 0.3 is 5.97 Å². The molecule has 0 radical (unpaired) electrons. The van der Waals surface area contributed by atoms with E-state index in [2.05, 4.69) is 6.58 Å². The van der Waals surface area contributed by atoms with E-state index in [1.54, 1.807) is 0 Å². The molecule has 3 saturated carbocycles. The molecular formula is C13H18O2. The highest BCUT2D eigenvalue weighted by Crippen LogP contribution is 2.62. The standard InChI is InChI=1S/C13H18O2/c1-7(13(14)15)11-5-8-6-12(11)10-4-2-3-9(8)10/h8-12H,1-6H2,(H,14,15). The van der Waals surface area contributed by atoms with Gasteiger partial charge in [0, 0.05) is 5.57 Å². The number of carboxylic acid groups (broad SMARTS) is 1. The van der Waals surface area contributed by atoms with Crippen molar-refractivity contribution in [3.05, 3.63) is 12.2 Å².